The third kappa shape index (κ3) is 2.81. The highest BCUT2D eigenvalue weighted by Gasteiger charge is 2.49. The maximum absolute atomic E-state index is 13.5. The summed E-state index contributed by atoms with van der Waals surface area (Å²) in [5.41, 5.74) is -0.124. The van der Waals surface area contributed by atoms with Gasteiger partial charge in [-0.1, -0.05) is 12.1 Å². The van der Waals surface area contributed by atoms with E-state index in [1.807, 2.05) is 0 Å². The van der Waals surface area contributed by atoms with Crippen molar-refractivity contribution in [3.63, 3.8) is 0 Å². The van der Waals surface area contributed by atoms with E-state index in [4.69, 9.17) is 0 Å². The molecule has 0 saturated heterocycles. The third-order valence-corrected chi connectivity index (χ3v) is 2.40. The van der Waals surface area contributed by atoms with Gasteiger partial charge in [0.05, 0.1) is 6.61 Å². The Kier molecular flexibility index (Phi) is 4.34. The Morgan fingerprint density at radius 2 is 2.11 bits per heavy atom. The summed E-state index contributed by atoms with van der Waals surface area (Å²) in [7, 11) is 0. The molecule has 0 aromatic heterocycles. The van der Waals surface area contributed by atoms with Crippen LogP contribution < -0.4 is 0 Å². The van der Waals surface area contributed by atoms with Crippen molar-refractivity contribution in [2.24, 2.45) is 0 Å². The summed E-state index contributed by atoms with van der Waals surface area (Å²) in [6.45, 7) is 2.59. The minimum absolute atomic E-state index is 0.233. The molecular formula is C12H13F3O3. The van der Waals surface area contributed by atoms with E-state index in [1.54, 1.807) is 0 Å². The number of aryl methyl sites for hydroxylation is 1. The Balaban J connectivity index is 3.01. The molecule has 1 aromatic rings. The Morgan fingerprint density at radius 1 is 1.50 bits per heavy atom. The van der Waals surface area contributed by atoms with Crippen molar-refractivity contribution in [1.82, 2.24) is 0 Å². The van der Waals surface area contributed by atoms with E-state index < -0.39 is 23.8 Å². The molecule has 6 heteroatoms. The van der Waals surface area contributed by atoms with Crippen LogP contribution in [0.3, 0.4) is 0 Å². The van der Waals surface area contributed by atoms with Crippen molar-refractivity contribution in [3.05, 3.63) is 35.1 Å². The van der Waals surface area contributed by atoms with E-state index in [-0.39, 0.29) is 17.7 Å². The Hall–Kier alpha value is -1.56. The summed E-state index contributed by atoms with van der Waals surface area (Å²) < 4.78 is 44.3. The monoisotopic (exact) mass is 262 g/mol. The second-order valence-electron chi connectivity index (χ2n) is 3.75. The van der Waals surface area contributed by atoms with E-state index >= 15 is 0 Å². The SMILES string of the molecule is CCOC(=O)C(F)(F)C(O)c1ccc(C)c(F)c1. The van der Waals surface area contributed by atoms with Gasteiger partial charge in [-0.15, -0.1) is 0 Å². The highest BCUT2D eigenvalue weighted by molar-refractivity contribution is 5.78. The minimum atomic E-state index is -4.11. The van der Waals surface area contributed by atoms with Crippen LogP contribution in [0, 0.1) is 12.7 Å². The molecule has 3 nitrogen and oxygen atoms in total. The van der Waals surface area contributed by atoms with Crippen molar-refractivity contribution < 1.29 is 27.8 Å². The van der Waals surface area contributed by atoms with Gasteiger partial charge in [-0.3, -0.25) is 0 Å². The smallest absolute Gasteiger partial charge is 0.380 e. The minimum Gasteiger partial charge on any atom is -0.461 e. The number of ether oxygens (including phenoxy) is 1. The number of hydrogen-bond acceptors (Lipinski definition) is 3. The molecule has 0 aliphatic heterocycles. The molecule has 0 aliphatic carbocycles. The molecule has 0 radical (unpaired) electrons. The van der Waals surface area contributed by atoms with E-state index in [1.165, 1.54) is 19.9 Å². The molecule has 100 valence electrons. The van der Waals surface area contributed by atoms with Crippen LogP contribution in [0.25, 0.3) is 0 Å². The topological polar surface area (TPSA) is 46.5 Å². The van der Waals surface area contributed by atoms with Gasteiger partial charge in [0.15, 0.2) is 6.10 Å². The lowest BCUT2D eigenvalue weighted by Crippen LogP contribution is -2.37. The molecule has 1 N–H and O–H groups in total. The number of aliphatic hydroxyl groups excluding tert-OH is 1. The lowest BCUT2D eigenvalue weighted by Gasteiger charge is -2.21. The van der Waals surface area contributed by atoms with Crippen molar-refractivity contribution in [2.75, 3.05) is 6.61 Å². The zero-order valence-electron chi connectivity index (χ0n) is 9.91. The van der Waals surface area contributed by atoms with Gasteiger partial charge < -0.3 is 9.84 Å². The van der Waals surface area contributed by atoms with Crippen LogP contribution in [0.2, 0.25) is 0 Å². The first-order chi connectivity index (χ1) is 8.30. The molecule has 0 aliphatic rings. The average Bonchev–Trinajstić information content (AvgIpc) is 2.32. The molecular weight excluding hydrogens is 249 g/mol. The maximum atomic E-state index is 13.5. The Labute approximate surface area is 102 Å². The normalized spacial score (nSPS) is 13.2. The number of benzene rings is 1. The summed E-state index contributed by atoms with van der Waals surface area (Å²) >= 11 is 0. The van der Waals surface area contributed by atoms with Gasteiger partial charge in [-0.05, 0) is 31.0 Å². The third-order valence-electron chi connectivity index (χ3n) is 2.40. The summed E-state index contributed by atoms with van der Waals surface area (Å²) in [4.78, 5) is 11.0. The van der Waals surface area contributed by atoms with Gasteiger partial charge in [-0.25, -0.2) is 9.18 Å². The fraction of sp³-hybridized carbons (Fsp3) is 0.417. The highest BCUT2D eigenvalue weighted by atomic mass is 19.3. The van der Waals surface area contributed by atoms with Gasteiger partial charge in [0.1, 0.15) is 5.82 Å². The number of aliphatic hydroxyl groups is 1. The molecule has 1 unspecified atom stereocenters. The van der Waals surface area contributed by atoms with E-state index in [0.717, 1.165) is 12.1 Å². The Bertz CT molecular complexity index is 446. The van der Waals surface area contributed by atoms with E-state index in [2.05, 4.69) is 4.74 Å². The largest absolute Gasteiger partial charge is 0.461 e. The number of alkyl halides is 2. The second kappa shape index (κ2) is 5.39. The molecule has 1 rings (SSSR count). The van der Waals surface area contributed by atoms with E-state index in [0.29, 0.717) is 0 Å². The van der Waals surface area contributed by atoms with Gasteiger partial charge in [0, 0.05) is 0 Å². The molecule has 1 aromatic carbocycles. The van der Waals surface area contributed by atoms with Gasteiger partial charge in [-0.2, -0.15) is 8.78 Å². The summed E-state index contributed by atoms with van der Waals surface area (Å²) in [6, 6.07) is 3.15. The zero-order valence-corrected chi connectivity index (χ0v) is 9.91. The lowest BCUT2D eigenvalue weighted by atomic mass is 10.0. The molecule has 0 amide bonds. The predicted molar refractivity (Wildman–Crippen MR) is 57.7 cm³/mol. The fourth-order valence-corrected chi connectivity index (χ4v) is 1.33. The average molecular weight is 262 g/mol. The Morgan fingerprint density at radius 3 is 2.61 bits per heavy atom. The van der Waals surface area contributed by atoms with Crippen LogP contribution in [0.15, 0.2) is 18.2 Å². The molecule has 0 heterocycles. The molecule has 0 bridgehead atoms. The van der Waals surface area contributed by atoms with Crippen LogP contribution >= 0.6 is 0 Å². The number of hydrogen-bond donors (Lipinski definition) is 1. The first kappa shape index (κ1) is 14.5. The van der Waals surface area contributed by atoms with Crippen LogP contribution in [0.1, 0.15) is 24.2 Å². The number of esters is 1. The predicted octanol–water partition coefficient (Wildman–Crippen LogP) is 2.37. The molecule has 0 saturated carbocycles. The molecule has 1 atom stereocenters. The van der Waals surface area contributed by atoms with Gasteiger partial charge in [0.2, 0.25) is 0 Å². The number of rotatable bonds is 4. The quantitative estimate of drug-likeness (QED) is 0.847. The number of halogens is 3. The summed E-state index contributed by atoms with van der Waals surface area (Å²) in [5.74, 6) is -6.68. The van der Waals surface area contributed by atoms with Gasteiger partial charge >= 0.3 is 11.9 Å². The summed E-state index contributed by atoms with van der Waals surface area (Å²) in [5, 5.41) is 9.44. The van der Waals surface area contributed by atoms with Crippen molar-refractivity contribution in [1.29, 1.82) is 0 Å². The van der Waals surface area contributed by atoms with Gasteiger partial charge in [0.25, 0.3) is 0 Å². The summed E-state index contributed by atoms with van der Waals surface area (Å²) in [6.07, 6.45) is -2.44. The van der Waals surface area contributed by atoms with Crippen LogP contribution in [0.4, 0.5) is 13.2 Å². The number of carbonyl (C=O) groups is 1. The second-order valence-corrected chi connectivity index (χ2v) is 3.75. The van der Waals surface area contributed by atoms with Crippen molar-refractivity contribution >= 4 is 5.97 Å². The maximum Gasteiger partial charge on any atom is 0.380 e. The first-order valence-electron chi connectivity index (χ1n) is 5.29. The zero-order chi connectivity index (χ0) is 13.9. The van der Waals surface area contributed by atoms with Crippen LogP contribution in [-0.2, 0) is 9.53 Å². The fourth-order valence-electron chi connectivity index (χ4n) is 1.33. The van der Waals surface area contributed by atoms with Crippen LogP contribution in [-0.4, -0.2) is 23.6 Å². The van der Waals surface area contributed by atoms with Crippen LogP contribution in [0.5, 0.6) is 0 Å². The van der Waals surface area contributed by atoms with E-state index in [9.17, 15) is 23.1 Å². The highest BCUT2D eigenvalue weighted by Crippen LogP contribution is 2.33. The molecule has 0 fully saturated rings. The first-order valence-corrected chi connectivity index (χ1v) is 5.29. The van der Waals surface area contributed by atoms with Crippen molar-refractivity contribution in [2.45, 2.75) is 25.9 Å². The molecule has 0 spiro atoms. The molecule has 18 heavy (non-hydrogen) atoms. The standard InChI is InChI=1S/C12H13F3O3/c1-3-18-11(17)12(14,15)10(16)8-5-4-7(2)9(13)6-8/h4-6,10,16H,3H2,1-2H3. The van der Waals surface area contributed by atoms with Crippen molar-refractivity contribution in [3.8, 4) is 0 Å². The number of carbonyl (C=O) groups excluding carboxylic acids is 1. The lowest BCUT2D eigenvalue weighted by molar-refractivity contribution is -0.189.